The Morgan fingerprint density at radius 2 is 2.17 bits per heavy atom. The number of nitrogens with zero attached hydrogens (tertiary/aromatic N) is 3. The molecule has 2 unspecified atom stereocenters. The second-order valence-electron chi connectivity index (χ2n) is 5.71. The largest absolute Gasteiger partial charge is 0.302 e. The molecule has 1 aliphatic carbocycles. The van der Waals surface area contributed by atoms with Crippen molar-refractivity contribution in [3.8, 4) is 0 Å². The third-order valence-corrected chi connectivity index (χ3v) is 4.34. The van der Waals surface area contributed by atoms with Crippen LogP contribution in [0.2, 0.25) is 5.28 Å². The standard InChI is InChI=1S/C14H24ClN3/c1-3-5-13-16-17-14(15)18(13)9-8-12-7-4-6-11(2)10-12/h11-12H,3-10H2,1-2H3. The lowest BCUT2D eigenvalue weighted by Crippen LogP contribution is -2.16. The van der Waals surface area contributed by atoms with Gasteiger partial charge in [0.05, 0.1) is 0 Å². The van der Waals surface area contributed by atoms with Crippen LogP contribution in [-0.2, 0) is 13.0 Å². The van der Waals surface area contributed by atoms with Crippen molar-refractivity contribution in [1.82, 2.24) is 14.8 Å². The smallest absolute Gasteiger partial charge is 0.225 e. The predicted molar refractivity (Wildman–Crippen MR) is 74.8 cm³/mol. The summed E-state index contributed by atoms with van der Waals surface area (Å²) < 4.78 is 2.10. The molecule has 0 aromatic carbocycles. The van der Waals surface area contributed by atoms with Crippen LogP contribution >= 0.6 is 11.6 Å². The van der Waals surface area contributed by atoms with E-state index >= 15 is 0 Å². The molecule has 0 aliphatic heterocycles. The summed E-state index contributed by atoms with van der Waals surface area (Å²) in [6.45, 7) is 5.52. The highest BCUT2D eigenvalue weighted by molar-refractivity contribution is 6.28. The van der Waals surface area contributed by atoms with Crippen LogP contribution in [0.15, 0.2) is 0 Å². The highest BCUT2D eigenvalue weighted by atomic mass is 35.5. The Labute approximate surface area is 115 Å². The minimum Gasteiger partial charge on any atom is -0.302 e. The average Bonchev–Trinajstić information content (AvgIpc) is 2.69. The maximum absolute atomic E-state index is 6.12. The van der Waals surface area contributed by atoms with Crippen LogP contribution < -0.4 is 0 Å². The van der Waals surface area contributed by atoms with Gasteiger partial charge < -0.3 is 4.57 Å². The van der Waals surface area contributed by atoms with Crippen LogP contribution in [0.3, 0.4) is 0 Å². The van der Waals surface area contributed by atoms with Crippen LogP contribution in [0.4, 0.5) is 0 Å². The molecule has 1 aromatic heterocycles. The van der Waals surface area contributed by atoms with E-state index in [9.17, 15) is 0 Å². The van der Waals surface area contributed by atoms with Crippen molar-refractivity contribution in [3.63, 3.8) is 0 Å². The quantitative estimate of drug-likeness (QED) is 0.806. The molecule has 1 heterocycles. The summed E-state index contributed by atoms with van der Waals surface area (Å²) >= 11 is 6.12. The number of halogens is 1. The maximum Gasteiger partial charge on any atom is 0.225 e. The van der Waals surface area contributed by atoms with Gasteiger partial charge in [-0.3, -0.25) is 0 Å². The van der Waals surface area contributed by atoms with Crippen molar-refractivity contribution in [2.24, 2.45) is 11.8 Å². The zero-order chi connectivity index (χ0) is 13.0. The van der Waals surface area contributed by atoms with Gasteiger partial charge in [0, 0.05) is 13.0 Å². The fourth-order valence-corrected chi connectivity index (χ4v) is 3.30. The Balaban J connectivity index is 1.90. The van der Waals surface area contributed by atoms with E-state index in [-0.39, 0.29) is 0 Å². The van der Waals surface area contributed by atoms with Crippen LogP contribution in [0.1, 0.15) is 58.2 Å². The van der Waals surface area contributed by atoms with Crippen LogP contribution in [-0.4, -0.2) is 14.8 Å². The maximum atomic E-state index is 6.12. The predicted octanol–water partition coefficient (Wildman–Crippen LogP) is 4.10. The zero-order valence-corrected chi connectivity index (χ0v) is 12.3. The van der Waals surface area contributed by atoms with Crippen molar-refractivity contribution in [3.05, 3.63) is 11.1 Å². The van der Waals surface area contributed by atoms with Gasteiger partial charge >= 0.3 is 0 Å². The highest BCUT2D eigenvalue weighted by Crippen LogP contribution is 2.31. The van der Waals surface area contributed by atoms with Crippen molar-refractivity contribution in [2.75, 3.05) is 0 Å². The van der Waals surface area contributed by atoms with Crippen molar-refractivity contribution < 1.29 is 0 Å². The molecule has 102 valence electrons. The van der Waals surface area contributed by atoms with Gasteiger partial charge in [0.15, 0.2) is 0 Å². The number of rotatable bonds is 5. The molecule has 0 amide bonds. The van der Waals surface area contributed by atoms with Gasteiger partial charge in [-0.2, -0.15) is 0 Å². The summed E-state index contributed by atoms with van der Waals surface area (Å²) in [5.74, 6) is 2.81. The van der Waals surface area contributed by atoms with Crippen LogP contribution in [0, 0.1) is 11.8 Å². The molecule has 0 spiro atoms. The molecule has 1 aliphatic rings. The van der Waals surface area contributed by atoms with E-state index < -0.39 is 0 Å². The summed E-state index contributed by atoms with van der Waals surface area (Å²) in [5.41, 5.74) is 0. The molecule has 18 heavy (non-hydrogen) atoms. The minimum absolute atomic E-state index is 0.558. The van der Waals surface area contributed by atoms with E-state index in [4.69, 9.17) is 11.6 Å². The van der Waals surface area contributed by atoms with E-state index in [0.29, 0.717) is 5.28 Å². The first-order valence-electron chi connectivity index (χ1n) is 7.28. The first-order valence-corrected chi connectivity index (χ1v) is 7.66. The molecule has 3 nitrogen and oxygen atoms in total. The summed E-state index contributed by atoms with van der Waals surface area (Å²) in [6.07, 6.45) is 8.85. The zero-order valence-electron chi connectivity index (χ0n) is 11.5. The molecule has 1 aromatic rings. The van der Waals surface area contributed by atoms with Crippen molar-refractivity contribution in [2.45, 2.75) is 65.3 Å². The molecular weight excluding hydrogens is 246 g/mol. The lowest BCUT2D eigenvalue weighted by atomic mass is 9.81. The van der Waals surface area contributed by atoms with Gasteiger partial charge in [0.2, 0.25) is 5.28 Å². The van der Waals surface area contributed by atoms with E-state index in [1.165, 1.54) is 32.1 Å². The third kappa shape index (κ3) is 3.47. The summed E-state index contributed by atoms with van der Waals surface area (Å²) in [5, 5.41) is 8.72. The second kappa shape index (κ2) is 6.55. The van der Waals surface area contributed by atoms with E-state index in [2.05, 4.69) is 28.6 Å². The third-order valence-electron chi connectivity index (χ3n) is 4.06. The molecule has 2 rings (SSSR count). The van der Waals surface area contributed by atoms with E-state index in [0.717, 1.165) is 37.0 Å². The Bertz CT molecular complexity index is 375. The monoisotopic (exact) mass is 269 g/mol. The first-order chi connectivity index (χ1) is 8.70. The molecule has 2 atom stereocenters. The molecule has 1 fully saturated rings. The van der Waals surface area contributed by atoms with Crippen molar-refractivity contribution >= 4 is 11.6 Å². The normalized spacial score (nSPS) is 24.4. The van der Waals surface area contributed by atoms with Gasteiger partial charge in [-0.05, 0) is 42.7 Å². The lowest BCUT2D eigenvalue weighted by Gasteiger charge is -2.26. The fourth-order valence-electron chi connectivity index (χ4n) is 3.08. The molecule has 0 radical (unpaired) electrons. The Morgan fingerprint density at radius 3 is 2.89 bits per heavy atom. The lowest BCUT2D eigenvalue weighted by molar-refractivity contribution is 0.260. The average molecular weight is 270 g/mol. The summed E-state index contributed by atoms with van der Waals surface area (Å²) in [7, 11) is 0. The van der Waals surface area contributed by atoms with E-state index in [1.54, 1.807) is 0 Å². The van der Waals surface area contributed by atoms with Gasteiger partial charge in [-0.1, -0.05) is 33.1 Å². The Morgan fingerprint density at radius 1 is 1.33 bits per heavy atom. The van der Waals surface area contributed by atoms with Gasteiger partial charge in [-0.15, -0.1) is 10.2 Å². The Kier molecular flexibility index (Phi) is 5.04. The fraction of sp³-hybridized carbons (Fsp3) is 0.857. The first kappa shape index (κ1) is 13.9. The minimum atomic E-state index is 0.558. The SMILES string of the molecule is CCCc1nnc(Cl)n1CCC1CCCC(C)C1. The summed E-state index contributed by atoms with van der Waals surface area (Å²) in [4.78, 5) is 0. The van der Waals surface area contributed by atoms with E-state index in [1.807, 2.05) is 0 Å². The molecular formula is C14H24ClN3. The second-order valence-corrected chi connectivity index (χ2v) is 6.05. The molecule has 0 N–H and O–H groups in total. The number of hydrogen-bond acceptors (Lipinski definition) is 2. The highest BCUT2D eigenvalue weighted by Gasteiger charge is 2.19. The summed E-state index contributed by atoms with van der Waals surface area (Å²) in [6, 6.07) is 0. The molecule has 0 bridgehead atoms. The number of aromatic nitrogens is 3. The van der Waals surface area contributed by atoms with Gasteiger partial charge in [0.25, 0.3) is 0 Å². The number of hydrogen-bond donors (Lipinski definition) is 0. The topological polar surface area (TPSA) is 30.7 Å². The molecule has 1 saturated carbocycles. The molecule has 0 saturated heterocycles. The van der Waals surface area contributed by atoms with Crippen LogP contribution in [0.25, 0.3) is 0 Å². The van der Waals surface area contributed by atoms with Crippen molar-refractivity contribution in [1.29, 1.82) is 0 Å². The van der Waals surface area contributed by atoms with Gasteiger partial charge in [0.1, 0.15) is 5.82 Å². The number of aryl methyl sites for hydroxylation is 1. The molecule has 4 heteroatoms. The Hall–Kier alpha value is -0.570. The van der Waals surface area contributed by atoms with Crippen LogP contribution in [0.5, 0.6) is 0 Å². The van der Waals surface area contributed by atoms with Gasteiger partial charge in [-0.25, -0.2) is 0 Å².